The number of likely N-dealkylation sites (tertiary alicyclic amines) is 2. The van der Waals surface area contributed by atoms with E-state index >= 15 is 0 Å². The number of nitrogens with one attached hydrogen (secondary N) is 2. The first-order chi connectivity index (χ1) is 19.7. The third kappa shape index (κ3) is 6.40. The number of nitrogens with two attached hydrogens (primary N) is 1. The number of rotatable bonds is 9. The summed E-state index contributed by atoms with van der Waals surface area (Å²) >= 11 is 5.89. The molecule has 7 N–H and O–H groups in total. The lowest BCUT2D eigenvalue weighted by Crippen LogP contribution is -2.57. The van der Waals surface area contributed by atoms with Crippen molar-refractivity contribution in [3.8, 4) is 5.75 Å². The molecule has 41 heavy (non-hydrogen) atoms. The molecule has 2 aliphatic heterocycles. The molecule has 2 aromatic carbocycles. The number of carbonyl (C=O) groups excluding carboxylic acids is 2. The van der Waals surface area contributed by atoms with Crippen LogP contribution in [0.3, 0.4) is 0 Å². The highest BCUT2D eigenvalue weighted by molar-refractivity contribution is 7.80. The monoisotopic (exact) mass is 577 g/mol. The number of hydrogen-bond acceptors (Lipinski definition) is 7. The van der Waals surface area contributed by atoms with Gasteiger partial charge in [-0.05, 0) is 61.4 Å². The SMILES string of the molecule is N[C@@H](Cc1ccc(O)cc1)C(=O)N1CCC[C@H]1C(=O)N[C@@H](Cc1c[nH]c2ccccc12)C(=S)N1CCC[C@H]1B(O)O. The van der Waals surface area contributed by atoms with Gasteiger partial charge in [-0.15, -0.1) is 0 Å². The largest absolute Gasteiger partial charge is 0.508 e. The number of aromatic amines is 1. The number of phenols is 1. The van der Waals surface area contributed by atoms with Crippen LogP contribution in [0.15, 0.2) is 54.7 Å². The molecular formula is C29H36BN5O5S. The minimum absolute atomic E-state index is 0.138. The second-order valence-corrected chi connectivity index (χ2v) is 11.4. The van der Waals surface area contributed by atoms with E-state index < -0.39 is 31.2 Å². The highest BCUT2D eigenvalue weighted by atomic mass is 32.1. The quantitative estimate of drug-likeness (QED) is 0.164. The van der Waals surface area contributed by atoms with E-state index in [-0.39, 0.29) is 24.0 Å². The van der Waals surface area contributed by atoms with Crippen molar-refractivity contribution in [3.05, 3.63) is 65.9 Å². The van der Waals surface area contributed by atoms with Crippen molar-refractivity contribution >= 4 is 47.0 Å². The molecule has 0 bridgehead atoms. The average molecular weight is 578 g/mol. The van der Waals surface area contributed by atoms with Gasteiger partial charge in [0.15, 0.2) is 0 Å². The Labute approximate surface area is 244 Å². The fraction of sp³-hybridized carbons (Fsp3) is 0.414. The number of para-hydroxylation sites is 1. The zero-order valence-corrected chi connectivity index (χ0v) is 23.6. The second-order valence-electron chi connectivity index (χ2n) is 10.9. The van der Waals surface area contributed by atoms with Gasteiger partial charge in [-0.1, -0.05) is 42.5 Å². The summed E-state index contributed by atoms with van der Waals surface area (Å²) in [4.78, 5) is 34.2. The zero-order chi connectivity index (χ0) is 29.1. The fourth-order valence-corrected chi connectivity index (χ4v) is 6.42. The van der Waals surface area contributed by atoms with E-state index in [9.17, 15) is 24.7 Å². The van der Waals surface area contributed by atoms with Gasteiger partial charge >= 0.3 is 7.12 Å². The zero-order valence-electron chi connectivity index (χ0n) is 22.8. The Balaban J connectivity index is 1.33. The van der Waals surface area contributed by atoms with Gasteiger partial charge in [0.05, 0.1) is 18.0 Å². The molecule has 2 fully saturated rings. The summed E-state index contributed by atoms with van der Waals surface area (Å²) in [5.41, 5.74) is 9.05. The molecule has 3 heterocycles. The Morgan fingerprint density at radius 1 is 1.05 bits per heavy atom. The van der Waals surface area contributed by atoms with Gasteiger partial charge in [-0.25, -0.2) is 0 Å². The molecule has 0 aliphatic carbocycles. The Bertz CT molecular complexity index is 1400. The minimum atomic E-state index is -1.54. The van der Waals surface area contributed by atoms with Crippen LogP contribution in [0.4, 0.5) is 0 Å². The number of thiocarbonyl (C=S) groups is 1. The van der Waals surface area contributed by atoms with Crippen LogP contribution in [0.2, 0.25) is 0 Å². The van der Waals surface area contributed by atoms with Gasteiger partial charge in [0.2, 0.25) is 11.8 Å². The van der Waals surface area contributed by atoms with Crippen LogP contribution in [0.25, 0.3) is 10.9 Å². The summed E-state index contributed by atoms with van der Waals surface area (Å²) in [5.74, 6) is -0.999. The molecule has 0 radical (unpaired) electrons. The molecule has 5 rings (SSSR count). The van der Waals surface area contributed by atoms with E-state index in [0.717, 1.165) is 28.5 Å². The number of aromatic hydroxyl groups is 1. The first-order valence-corrected chi connectivity index (χ1v) is 14.5. The van der Waals surface area contributed by atoms with Crippen LogP contribution in [-0.4, -0.2) is 91.0 Å². The maximum atomic E-state index is 13.8. The van der Waals surface area contributed by atoms with Crippen molar-refractivity contribution in [2.45, 2.75) is 62.6 Å². The summed E-state index contributed by atoms with van der Waals surface area (Å²) < 4.78 is 0. The average Bonchev–Trinajstić information content (AvgIpc) is 3.73. The molecule has 4 atom stereocenters. The number of aromatic nitrogens is 1. The molecule has 2 amide bonds. The Morgan fingerprint density at radius 3 is 2.51 bits per heavy atom. The van der Waals surface area contributed by atoms with E-state index in [2.05, 4.69) is 10.3 Å². The summed E-state index contributed by atoms with van der Waals surface area (Å²) in [7, 11) is -1.54. The van der Waals surface area contributed by atoms with Crippen molar-refractivity contribution in [2.75, 3.05) is 13.1 Å². The number of nitrogens with zero attached hydrogens (tertiary/aromatic N) is 2. The summed E-state index contributed by atoms with van der Waals surface area (Å²) in [6, 6.07) is 12.3. The van der Waals surface area contributed by atoms with Gasteiger partial charge < -0.3 is 41.0 Å². The number of benzene rings is 2. The molecule has 3 aromatic rings. The van der Waals surface area contributed by atoms with Crippen molar-refractivity contribution in [1.29, 1.82) is 0 Å². The van der Waals surface area contributed by atoms with Gasteiger partial charge in [0.1, 0.15) is 16.8 Å². The van der Waals surface area contributed by atoms with Crippen LogP contribution in [0, 0.1) is 0 Å². The Morgan fingerprint density at radius 2 is 1.76 bits per heavy atom. The molecule has 0 unspecified atom stereocenters. The summed E-state index contributed by atoms with van der Waals surface area (Å²) in [5, 5.41) is 33.6. The molecule has 12 heteroatoms. The maximum Gasteiger partial charge on any atom is 0.475 e. The summed E-state index contributed by atoms with van der Waals surface area (Å²) in [6.45, 7) is 1.00. The van der Waals surface area contributed by atoms with E-state index in [1.54, 1.807) is 29.2 Å². The number of phenolic OH excluding ortho intramolecular Hbond substituents is 1. The molecule has 2 aliphatic rings. The van der Waals surface area contributed by atoms with Gasteiger partial charge in [-0.3, -0.25) is 9.59 Å². The Kier molecular flexibility index (Phi) is 8.93. The molecule has 0 saturated carbocycles. The standard InChI is InChI=1S/C29H36BN5O5S/c31-22(15-18-9-11-20(36)12-10-18)28(38)34-13-3-7-25(34)27(37)33-24(29(41)35-14-4-8-26(35)30(39)40)16-19-17-32-23-6-2-1-5-21(19)23/h1-2,5-6,9-12,17,22,24-26,32,36,39-40H,3-4,7-8,13-16,31H2,(H,33,37)/t22-,24-,25-,26-/m0/s1. The van der Waals surface area contributed by atoms with Gasteiger partial charge in [0.25, 0.3) is 0 Å². The molecule has 216 valence electrons. The highest BCUT2D eigenvalue weighted by Crippen LogP contribution is 2.25. The lowest BCUT2D eigenvalue weighted by Gasteiger charge is -2.33. The first-order valence-electron chi connectivity index (χ1n) is 14.1. The second kappa shape index (κ2) is 12.6. The Hall–Kier alpha value is -3.45. The molecule has 0 spiro atoms. The lowest BCUT2D eigenvalue weighted by atomic mass is 9.77. The van der Waals surface area contributed by atoms with Crippen molar-refractivity contribution in [1.82, 2.24) is 20.1 Å². The molecular weight excluding hydrogens is 541 g/mol. The molecule has 2 saturated heterocycles. The number of fused-ring (bicyclic) bond motifs is 1. The van der Waals surface area contributed by atoms with E-state index in [4.69, 9.17) is 18.0 Å². The minimum Gasteiger partial charge on any atom is -0.508 e. The fourth-order valence-electron chi connectivity index (χ4n) is 6.05. The van der Waals surface area contributed by atoms with Gasteiger partial charge in [-0.2, -0.15) is 0 Å². The van der Waals surface area contributed by atoms with E-state index in [0.29, 0.717) is 43.8 Å². The molecule has 1 aromatic heterocycles. The van der Waals surface area contributed by atoms with Gasteiger partial charge in [0, 0.05) is 36.6 Å². The number of hydrogen-bond donors (Lipinski definition) is 6. The molecule has 10 nitrogen and oxygen atoms in total. The van der Waals surface area contributed by atoms with Crippen molar-refractivity contribution in [3.63, 3.8) is 0 Å². The number of carbonyl (C=O) groups is 2. The van der Waals surface area contributed by atoms with Crippen LogP contribution in [0.5, 0.6) is 5.75 Å². The van der Waals surface area contributed by atoms with Crippen molar-refractivity contribution < 1.29 is 24.7 Å². The van der Waals surface area contributed by atoms with Crippen LogP contribution in [-0.2, 0) is 22.4 Å². The number of amides is 2. The topological polar surface area (TPSA) is 155 Å². The van der Waals surface area contributed by atoms with E-state index in [1.165, 1.54) is 0 Å². The van der Waals surface area contributed by atoms with Crippen molar-refractivity contribution in [2.24, 2.45) is 5.73 Å². The van der Waals surface area contributed by atoms with E-state index in [1.807, 2.05) is 35.4 Å². The number of H-pyrrole nitrogens is 1. The predicted octanol–water partition coefficient (Wildman–Crippen LogP) is 1.27. The normalized spacial score (nSPS) is 20.3. The highest BCUT2D eigenvalue weighted by Gasteiger charge is 2.40. The summed E-state index contributed by atoms with van der Waals surface area (Å²) in [6.07, 6.45) is 5.14. The predicted molar refractivity (Wildman–Crippen MR) is 161 cm³/mol. The first kappa shape index (κ1) is 29.1. The van der Waals surface area contributed by atoms with Crippen LogP contribution < -0.4 is 11.1 Å². The lowest BCUT2D eigenvalue weighted by molar-refractivity contribution is -0.139. The maximum absolute atomic E-state index is 13.8. The van der Waals surface area contributed by atoms with Crippen LogP contribution in [0.1, 0.15) is 36.8 Å². The smallest absolute Gasteiger partial charge is 0.475 e. The van der Waals surface area contributed by atoms with Crippen LogP contribution >= 0.6 is 12.2 Å². The third-order valence-corrected chi connectivity index (χ3v) is 8.71. The third-order valence-electron chi connectivity index (χ3n) is 8.19.